The summed E-state index contributed by atoms with van der Waals surface area (Å²) in [5.41, 5.74) is 5.62. The minimum Gasteiger partial charge on any atom is -0.384 e. The molecule has 0 saturated carbocycles. The molecular weight excluding hydrogens is 264 g/mol. The summed E-state index contributed by atoms with van der Waals surface area (Å²) >= 11 is 1.53. The molecule has 0 bridgehead atoms. The second-order valence-electron chi connectivity index (χ2n) is 4.56. The minimum absolute atomic E-state index is 0.184. The van der Waals surface area contributed by atoms with Crippen LogP contribution in [0.2, 0.25) is 0 Å². The van der Waals surface area contributed by atoms with E-state index < -0.39 is 0 Å². The Balaban J connectivity index is 1.74. The SMILES string of the molecule is COCCC(=O)N1CCN(Cc2cnc(N)s2)CC1. The summed E-state index contributed by atoms with van der Waals surface area (Å²) in [5.74, 6) is 0.184. The Bertz CT molecular complexity index is 416. The van der Waals surface area contributed by atoms with Crippen LogP contribution in [0.3, 0.4) is 0 Å². The molecule has 1 amide bonds. The number of thiazole rings is 1. The summed E-state index contributed by atoms with van der Waals surface area (Å²) in [4.78, 5) is 21.3. The predicted molar refractivity (Wildman–Crippen MR) is 74.9 cm³/mol. The highest BCUT2D eigenvalue weighted by Gasteiger charge is 2.21. The average Bonchev–Trinajstić information content (AvgIpc) is 2.82. The number of anilines is 1. The van der Waals surface area contributed by atoms with Gasteiger partial charge >= 0.3 is 0 Å². The third-order valence-electron chi connectivity index (χ3n) is 3.20. The number of rotatable bonds is 5. The van der Waals surface area contributed by atoms with Crippen LogP contribution >= 0.6 is 11.3 Å². The molecule has 0 aliphatic carbocycles. The standard InChI is InChI=1S/C12H20N4O2S/c1-18-7-2-11(17)16-5-3-15(4-6-16)9-10-8-14-12(13)19-10/h8H,2-7,9H2,1H3,(H2,13,14). The van der Waals surface area contributed by atoms with Gasteiger partial charge in [-0.1, -0.05) is 0 Å². The molecule has 106 valence electrons. The van der Waals surface area contributed by atoms with Crippen LogP contribution in [-0.2, 0) is 16.1 Å². The van der Waals surface area contributed by atoms with Crippen molar-refractivity contribution in [1.82, 2.24) is 14.8 Å². The fraction of sp³-hybridized carbons (Fsp3) is 0.667. The summed E-state index contributed by atoms with van der Waals surface area (Å²) < 4.78 is 4.93. The number of hydrogen-bond acceptors (Lipinski definition) is 6. The molecule has 1 fully saturated rings. The number of methoxy groups -OCH3 is 1. The normalized spacial score (nSPS) is 16.8. The van der Waals surface area contributed by atoms with Gasteiger partial charge in [0.15, 0.2) is 5.13 Å². The van der Waals surface area contributed by atoms with E-state index in [1.54, 1.807) is 7.11 Å². The van der Waals surface area contributed by atoms with E-state index in [4.69, 9.17) is 10.5 Å². The zero-order valence-corrected chi connectivity index (χ0v) is 12.0. The molecule has 0 atom stereocenters. The van der Waals surface area contributed by atoms with E-state index in [1.807, 2.05) is 11.1 Å². The average molecular weight is 284 g/mol. The monoisotopic (exact) mass is 284 g/mol. The van der Waals surface area contributed by atoms with Gasteiger partial charge in [-0.05, 0) is 0 Å². The zero-order chi connectivity index (χ0) is 13.7. The van der Waals surface area contributed by atoms with Crippen LogP contribution in [0.5, 0.6) is 0 Å². The summed E-state index contributed by atoms with van der Waals surface area (Å²) in [6.45, 7) is 4.74. The first-order valence-corrected chi connectivity index (χ1v) is 7.20. The lowest BCUT2D eigenvalue weighted by atomic mass is 10.2. The smallest absolute Gasteiger partial charge is 0.224 e. The second-order valence-corrected chi connectivity index (χ2v) is 5.71. The number of piperazine rings is 1. The van der Waals surface area contributed by atoms with Crippen molar-refractivity contribution < 1.29 is 9.53 Å². The Morgan fingerprint density at radius 1 is 1.47 bits per heavy atom. The lowest BCUT2D eigenvalue weighted by Crippen LogP contribution is -2.48. The zero-order valence-electron chi connectivity index (χ0n) is 11.2. The molecule has 2 heterocycles. The molecule has 1 aliphatic rings. The number of hydrogen-bond donors (Lipinski definition) is 1. The minimum atomic E-state index is 0.184. The summed E-state index contributed by atoms with van der Waals surface area (Å²) in [6.07, 6.45) is 2.30. The first kappa shape index (κ1) is 14.2. The van der Waals surface area contributed by atoms with E-state index in [9.17, 15) is 4.79 Å². The lowest BCUT2D eigenvalue weighted by molar-refractivity contribution is -0.133. The Kier molecular flexibility index (Phi) is 5.12. The van der Waals surface area contributed by atoms with Gasteiger partial charge in [0.2, 0.25) is 5.91 Å². The van der Waals surface area contributed by atoms with Crippen molar-refractivity contribution in [2.45, 2.75) is 13.0 Å². The molecule has 1 aliphatic heterocycles. The van der Waals surface area contributed by atoms with Crippen LogP contribution in [0.15, 0.2) is 6.20 Å². The van der Waals surface area contributed by atoms with Crippen LogP contribution in [-0.4, -0.2) is 60.6 Å². The number of nitrogens with zero attached hydrogens (tertiary/aromatic N) is 3. The molecule has 6 nitrogen and oxygen atoms in total. The number of carbonyl (C=O) groups excluding carboxylic acids is 1. The summed E-state index contributed by atoms with van der Waals surface area (Å²) in [6, 6.07) is 0. The molecule has 0 aromatic carbocycles. The van der Waals surface area contributed by atoms with Crippen LogP contribution in [0.4, 0.5) is 5.13 Å². The lowest BCUT2D eigenvalue weighted by Gasteiger charge is -2.34. The summed E-state index contributed by atoms with van der Waals surface area (Å²) in [7, 11) is 1.62. The maximum Gasteiger partial charge on any atom is 0.224 e. The van der Waals surface area contributed by atoms with Crippen molar-refractivity contribution in [2.24, 2.45) is 0 Å². The topological polar surface area (TPSA) is 71.7 Å². The second kappa shape index (κ2) is 6.83. The van der Waals surface area contributed by atoms with Crippen LogP contribution in [0.1, 0.15) is 11.3 Å². The maximum absolute atomic E-state index is 11.8. The van der Waals surface area contributed by atoms with Crippen molar-refractivity contribution in [2.75, 3.05) is 45.6 Å². The quantitative estimate of drug-likeness (QED) is 0.848. The number of carbonyl (C=O) groups is 1. The Morgan fingerprint density at radius 3 is 2.79 bits per heavy atom. The molecule has 0 spiro atoms. The fourth-order valence-electron chi connectivity index (χ4n) is 2.12. The van der Waals surface area contributed by atoms with E-state index in [1.165, 1.54) is 16.2 Å². The Labute approximate surface area is 117 Å². The molecule has 1 saturated heterocycles. The number of ether oxygens (including phenoxy) is 1. The van der Waals surface area contributed by atoms with Gasteiger partial charge in [0.1, 0.15) is 0 Å². The number of aromatic nitrogens is 1. The van der Waals surface area contributed by atoms with Gasteiger partial charge in [0.25, 0.3) is 0 Å². The van der Waals surface area contributed by atoms with Crippen molar-refractivity contribution in [3.8, 4) is 0 Å². The maximum atomic E-state index is 11.8. The molecule has 7 heteroatoms. The molecule has 2 N–H and O–H groups in total. The first-order chi connectivity index (χ1) is 9.19. The van der Waals surface area contributed by atoms with Crippen molar-refractivity contribution in [3.05, 3.63) is 11.1 Å². The van der Waals surface area contributed by atoms with Crippen molar-refractivity contribution in [3.63, 3.8) is 0 Å². The van der Waals surface area contributed by atoms with Gasteiger partial charge in [-0.3, -0.25) is 9.69 Å². The first-order valence-electron chi connectivity index (χ1n) is 6.38. The third kappa shape index (κ3) is 4.15. The fourth-order valence-corrected chi connectivity index (χ4v) is 2.85. The van der Waals surface area contributed by atoms with Crippen LogP contribution in [0, 0.1) is 0 Å². The highest BCUT2D eigenvalue weighted by atomic mass is 32.1. The number of nitrogens with two attached hydrogens (primary N) is 1. The molecule has 2 rings (SSSR count). The van der Waals surface area contributed by atoms with Crippen molar-refractivity contribution in [1.29, 1.82) is 0 Å². The molecule has 0 radical (unpaired) electrons. The van der Waals surface area contributed by atoms with Gasteiger partial charge in [-0.2, -0.15) is 0 Å². The molecular formula is C12H20N4O2S. The Hall–Kier alpha value is -1.18. The highest BCUT2D eigenvalue weighted by molar-refractivity contribution is 7.15. The van der Waals surface area contributed by atoms with Gasteiger partial charge in [-0.15, -0.1) is 11.3 Å². The van der Waals surface area contributed by atoms with Crippen molar-refractivity contribution >= 4 is 22.4 Å². The summed E-state index contributed by atoms with van der Waals surface area (Å²) in [5, 5.41) is 0.614. The molecule has 19 heavy (non-hydrogen) atoms. The van der Waals surface area contributed by atoms with Gasteiger partial charge in [-0.25, -0.2) is 4.98 Å². The van der Waals surface area contributed by atoms with E-state index in [0.717, 1.165) is 32.7 Å². The van der Waals surface area contributed by atoms with E-state index >= 15 is 0 Å². The van der Waals surface area contributed by atoms with E-state index in [0.29, 0.717) is 18.2 Å². The largest absolute Gasteiger partial charge is 0.384 e. The van der Waals surface area contributed by atoms with E-state index in [2.05, 4.69) is 9.88 Å². The Morgan fingerprint density at radius 2 is 2.21 bits per heavy atom. The van der Waals surface area contributed by atoms with E-state index in [-0.39, 0.29) is 5.91 Å². The molecule has 0 unspecified atom stereocenters. The predicted octanol–water partition coefficient (Wildman–Crippen LogP) is 0.406. The molecule has 1 aromatic heterocycles. The van der Waals surface area contributed by atoms with Crippen LogP contribution < -0.4 is 5.73 Å². The van der Waals surface area contributed by atoms with Gasteiger partial charge in [0, 0.05) is 50.9 Å². The van der Waals surface area contributed by atoms with Gasteiger partial charge < -0.3 is 15.4 Å². The molecule has 1 aromatic rings. The number of nitrogen functional groups attached to an aromatic ring is 1. The highest BCUT2D eigenvalue weighted by Crippen LogP contribution is 2.17. The number of amides is 1. The van der Waals surface area contributed by atoms with Gasteiger partial charge in [0.05, 0.1) is 13.0 Å². The third-order valence-corrected chi connectivity index (χ3v) is 4.01. The van der Waals surface area contributed by atoms with Crippen LogP contribution in [0.25, 0.3) is 0 Å².